The minimum atomic E-state index is -1.02. The number of benzene rings is 2. The molecule has 5 heteroatoms. The topological polar surface area (TPSA) is 37.3 Å². The van der Waals surface area contributed by atoms with Crippen molar-refractivity contribution in [3.05, 3.63) is 74.8 Å². The predicted octanol–water partition coefficient (Wildman–Crippen LogP) is 4.81. The largest absolute Gasteiger partial charge is 0.392 e. The molecule has 0 fully saturated rings. The number of aliphatic hydroxyl groups is 1. The Hall–Kier alpha value is -1.85. The molecule has 0 unspecified atom stereocenters. The van der Waals surface area contributed by atoms with E-state index in [-0.39, 0.29) is 11.1 Å². The molecule has 0 bridgehead atoms. The number of carbonyl (C=O) groups excluding carboxylic acids is 1. The fourth-order valence-corrected chi connectivity index (χ4v) is 2.71. The lowest BCUT2D eigenvalue weighted by atomic mass is 9.92. The molecule has 2 rings (SSSR count). The number of ketones is 1. The van der Waals surface area contributed by atoms with Crippen LogP contribution in [0.3, 0.4) is 0 Å². The number of halogens is 3. The third kappa shape index (κ3) is 3.41. The van der Waals surface area contributed by atoms with Gasteiger partial charge in [0.25, 0.3) is 0 Å². The summed E-state index contributed by atoms with van der Waals surface area (Å²) in [6.07, 6.45) is 1.53. The van der Waals surface area contributed by atoms with Crippen LogP contribution in [0.25, 0.3) is 5.57 Å². The second kappa shape index (κ2) is 7.15. The van der Waals surface area contributed by atoms with Crippen LogP contribution in [-0.4, -0.2) is 10.9 Å². The fourth-order valence-electron chi connectivity index (χ4n) is 2.35. The molecule has 120 valence electrons. The minimum absolute atomic E-state index is 0.115. The highest BCUT2D eigenvalue weighted by molar-refractivity contribution is 9.10. The molecule has 0 aromatic heterocycles. The van der Waals surface area contributed by atoms with Gasteiger partial charge in [0.2, 0.25) is 0 Å². The number of carbonyl (C=O) groups is 1. The van der Waals surface area contributed by atoms with E-state index in [0.717, 1.165) is 22.2 Å². The third-order valence-corrected chi connectivity index (χ3v) is 4.08. The van der Waals surface area contributed by atoms with Crippen LogP contribution in [0, 0.1) is 18.6 Å². The van der Waals surface area contributed by atoms with Gasteiger partial charge in [0, 0.05) is 15.6 Å². The first kappa shape index (κ1) is 17.5. The fraction of sp³-hybridized carbons (Fsp3) is 0.167. The highest BCUT2D eigenvalue weighted by Gasteiger charge is 2.24. The van der Waals surface area contributed by atoms with Crippen molar-refractivity contribution < 1.29 is 18.7 Å². The van der Waals surface area contributed by atoms with Gasteiger partial charge in [0.15, 0.2) is 5.78 Å². The van der Waals surface area contributed by atoms with Crippen LogP contribution in [0.5, 0.6) is 0 Å². The Kier molecular flexibility index (Phi) is 5.44. The molecule has 0 heterocycles. The summed E-state index contributed by atoms with van der Waals surface area (Å²) in [5, 5.41) is 9.11. The Balaban J connectivity index is 2.61. The van der Waals surface area contributed by atoms with E-state index in [9.17, 15) is 13.6 Å². The number of allylic oxidation sites excluding steroid dienone is 2. The molecule has 0 radical (unpaired) electrons. The van der Waals surface area contributed by atoms with E-state index >= 15 is 0 Å². The molecule has 0 aliphatic heterocycles. The molecular formula is C18H15BrF2O2. The maximum Gasteiger partial charge on any atom is 0.199 e. The Morgan fingerprint density at radius 2 is 1.96 bits per heavy atom. The van der Waals surface area contributed by atoms with Crippen molar-refractivity contribution in [3.8, 4) is 0 Å². The monoisotopic (exact) mass is 380 g/mol. The molecule has 0 amide bonds. The zero-order valence-electron chi connectivity index (χ0n) is 12.7. The number of hydrogen-bond donors (Lipinski definition) is 1. The van der Waals surface area contributed by atoms with Crippen LogP contribution in [-0.2, 0) is 6.61 Å². The van der Waals surface area contributed by atoms with Gasteiger partial charge in [-0.25, -0.2) is 8.78 Å². The summed E-state index contributed by atoms with van der Waals surface area (Å²) < 4.78 is 29.1. The van der Waals surface area contributed by atoms with Crippen molar-refractivity contribution in [2.75, 3.05) is 0 Å². The summed E-state index contributed by atoms with van der Waals surface area (Å²) in [7, 11) is 0. The standard InChI is InChI=1S/C18H15BrF2O2/c1-3-13(14-8-12(19)6-4-10(14)2)18(23)16-15(20)7-5-11(9-22)17(16)21/h3-8,22H,9H2,1-2H3/b13-3+. The molecule has 0 spiro atoms. The van der Waals surface area contributed by atoms with Gasteiger partial charge in [-0.05, 0) is 43.2 Å². The van der Waals surface area contributed by atoms with Crippen LogP contribution in [0.2, 0.25) is 0 Å². The zero-order valence-corrected chi connectivity index (χ0v) is 14.2. The third-order valence-electron chi connectivity index (χ3n) is 3.59. The average Bonchev–Trinajstić information content (AvgIpc) is 2.51. The summed E-state index contributed by atoms with van der Waals surface area (Å²) in [5.74, 6) is -2.72. The van der Waals surface area contributed by atoms with Crippen LogP contribution < -0.4 is 0 Å². The van der Waals surface area contributed by atoms with Gasteiger partial charge in [-0.3, -0.25) is 4.79 Å². The first-order valence-corrected chi connectivity index (χ1v) is 7.75. The van der Waals surface area contributed by atoms with Crippen molar-refractivity contribution in [2.24, 2.45) is 0 Å². The molecule has 1 N–H and O–H groups in total. The van der Waals surface area contributed by atoms with E-state index in [2.05, 4.69) is 15.9 Å². The summed E-state index contributed by atoms with van der Waals surface area (Å²) in [6.45, 7) is 2.85. The molecule has 0 saturated heterocycles. The smallest absolute Gasteiger partial charge is 0.199 e. The number of aliphatic hydroxyl groups excluding tert-OH is 1. The highest BCUT2D eigenvalue weighted by Crippen LogP contribution is 2.29. The molecule has 2 nitrogen and oxygen atoms in total. The van der Waals surface area contributed by atoms with Gasteiger partial charge in [-0.2, -0.15) is 0 Å². The van der Waals surface area contributed by atoms with E-state index in [0.29, 0.717) is 5.56 Å². The van der Waals surface area contributed by atoms with Crippen molar-refractivity contribution in [1.82, 2.24) is 0 Å². The van der Waals surface area contributed by atoms with Gasteiger partial charge >= 0.3 is 0 Å². The van der Waals surface area contributed by atoms with E-state index in [1.54, 1.807) is 13.0 Å². The van der Waals surface area contributed by atoms with Crippen molar-refractivity contribution in [3.63, 3.8) is 0 Å². The summed E-state index contributed by atoms with van der Waals surface area (Å²) >= 11 is 3.33. The number of aryl methyl sites for hydroxylation is 1. The van der Waals surface area contributed by atoms with Crippen LogP contribution in [0.1, 0.15) is 34.0 Å². The molecule has 0 saturated carbocycles. The number of rotatable bonds is 4. The molecule has 2 aromatic carbocycles. The van der Waals surface area contributed by atoms with Crippen LogP contribution in [0.15, 0.2) is 40.9 Å². The SMILES string of the molecule is C/C=C(/C(=O)c1c(F)ccc(CO)c1F)c1cc(Br)ccc1C. The molecular weight excluding hydrogens is 366 g/mol. The van der Waals surface area contributed by atoms with Crippen molar-refractivity contribution >= 4 is 27.3 Å². The van der Waals surface area contributed by atoms with E-state index in [4.69, 9.17) is 5.11 Å². The highest BCUT2D eigenvalue weighted by atomic mass is 79.9. The van der Waals surface area contributed by atoms with E-state index < -0.39 is 29.6 Å². The predicted molar refractivity (Wildman–Crippen MR) is 89.1 cm³/mol. The Morgan fingerprint density at radius 3 is 2.57 bits per heavy atom. The van der Waals surface area contributed by atoms with E-state index in [1.807, 2.05) is 19.1 Å². The normalized spacial score (nSPS) is 11.7. The summed E-state index contributed by atoms with van der Waals surface area (Å²) in [6, 6.07) is 7.48. The first-order valence-electron chi connectivity index (χ1n) is 6.96. The van der Waals surface area contributed by atoms with Gasteiger partial charge in [0.05, 0.1) is 12.2 Å². The number of Topliss-reactive ketones (excluding diaryl/α,β-unsaturated/α-hetero) is 1. The van der Waals surface area contributed by atoms with E-state index in [1.165, 1.54) is 6.08 Å². The summed E-state index contributed by atoms with van der Waals surface area (Å²) in [4.78, 5) is 12.7. The molecule has 0 atom stereocenters. The Bertz CT molecular complexity index is 798. The van der Waals surface area contributed by atoms with Gasteiger partial charge in [-0.1, -0.05) is 34.1 Å². The van der Waals surface area contributed by atoms with Crippen LogP contribution >= 0.6 is 15.9 Å². The lowest BCUT2D eigenvalue weighted by molar-refractivity contribution is 0.104. The van der Waals surface area contributed by atoms with Crippen LogP contribution in [0.4, 0.5) is 8.78 Å². The molecule has 23 heavy (non-hydrogen) atoms. The Morgan fingerprint density at radius 1 is 1.26 bits per heavy atom. The first-order chi connectivity index (χ1) is 10.9. The van der Waals surface area contributed by atoms with Crippen molar-refractivity contribution in [1.29, 1.82) is 0 Å². The average molecular weight is 381 g/mol. The second-order valence-corrected chi connectivity index (χ2v) is 5.96. The van der Waals surface area contributed by atoms with Gasteiger partial charge in [-0.15, -0.1) is 0 Å². The molecule has 0 aliphatic carbocycles. The molecule has 2 aromatic rings. The van der Waals surface area contributed by atoms with Crippen molar-refractivity contribution in [2.45, 2.75) is 20.5 Å². The second-order valence-electron chi connectivity index (χ2n) is 5.04. The van der Waals surface area contributed by atoms with Gasteiger partial charge < -0.3 is 5.11 Å². The quantitative estimate of drug-likeness (QED) is 0.610. The maximum absolute atomic E-state index is 14.3. The lowest BCUT2D eigenvalue weighted by Crippen LogP contribution is -2.11. The Labute approximate surface area is 141 Å². The van der Waals surface area contributed by atoms with Gasteiger partial charge in [0.1, 0.15) is 11.6 Å². The maximum atomic E-state index is 14.3. The summed E-state index contributed by atoms with van der Waals surface area (Å²) in [5.41, 5.74) is 0.853. The number of hydrogen-bond acceptors (Lipinski definition) is 2. The lowest BCUT2D eigenvalue weighted by Gasteiger charge is -2.13. The molecule has 0 aliphatic rings. The zero-order chi connectivity index (χ0) is 17.1. The minimum Gasteiger partial charge on any atom is -0.392 e.